The SMILES string of the molecule is N#Cc1ccc2c(c1)nc1[nH]c(CCC(=O)O)cn12. The van der Waals surface area contributed by atoms with Crippen LogP contribution in [0.15, 0.2) is 24.4 Å². The second-order valence-electron chi connectivity index (χ2n) is 4.29. The predicted octanol–water partition coefficient (Wildman–Crippen LogP) is 1.70. The number of nitrogens with one attached hydrogen (secondary N) is 1. The molecular formula is C13H10N4O2. The van der Waals surface area contributed by atoms with Crippen LogP contribution >= 0.6 is 0 Å². The van der Waals surface area contributed by atoms with Gasteiger partial charge in [-0.25, -0.2) is 4.98 Å². The van der Waals surface area contributed by atoms with Crippen molar-refractivity contribution in [3.63, 3.8) is 0 Å². The number of benzene rings is 1. The Bertz CT molecular complexity index is 822. The van der Waals surface area contributed by atoms with Crippen molar-refractivity contribution in [2.75, 3.05) is 0 Å². The first kappa shape index (κ1) is 11.3. The Hall–Kier alpha value is -2.81. The van der Waals surface area contributed by atoms with Gasteiger partial charge in [0.25, 0.3) is 0 Å². The number of carboxylic acid groups (broad SMARTS) is 1. The number of aromatic amines is 1. The molecule has 2 aromatic heterocycles. The highest BCUT2D eigenvalue weighted by molar-refractivity contribution is 5.81. The van der Waals surface area contributed by atoms with E-state index in [1.807, 2.05) is 16.7 Å². The molecule has 0 aliphatic rings. The third-order valence-electron chi connectivity index (χ3n) is 2.98. The number of aliphatic carboxylic acids is 1. The fourth-order valence-corrected chi connectivity index (χ4v) is 2.09. The van der Waals surface area contributed by atoms with Crippen LogP contribution < -0.4 is 0 Å². The molecule has 0 saturated heterocycles. The lowest BCUT2D eigenvalue weighted by Gasteiger charge is -1.93. The molecule has 0 aliphatic heterocycles. The molecule has 0 radical (unpaired) electrons. The van der Waals surface area contributed by atoms with Gasteiger partial charge in [-0.2, -0.15) is 5.26 Å². The summed E-state index contributed by atoms with van der Waals surface area (Å²) in [7, 11) is 0. The van der Waals surface area contributed by atoms with E-state index in [0.717, 1.165) is 16.7 Å². The van der Waals surface area contributed by atoms with E-state index in [-0.39, 0.29) is 6.42 Å². The smallest absolute Gasteiger partial charge is 0.303 e. The minimum atomic E-state index is -0.823. The fourth-order valence-electron chi connectivity index (χ4n) is 2.09. The van der Waals surface area contributed by atoms with Gasteiger partial charge >= 0.3 is 5.97 Å². The van der Waals surface area contributed by atoms with E-state index in [2.05, 4.69) is 16.0 Å². The molecule has 3 aromatic rings. The van der Waals surface area contributed by atoms with Crippen LogP contribution in [-0.4, -0.2) is 25.4 Å². The van der Waals surface area contributed by atoms with Crippen molar-refractivity contribution in [3.8, 4) is 6.07 Å². The van der Waals surface area contributed by atoms with Gasteiger partial charge in [-0.15, -0.1) is 0 Å². The topological polar surface area (TPSA) is 94.2 Å². The van der Waals surface area contributed by atoms with Crippen LogP contribution in [0.2, 0.25) is 0 Å². The van der Waals surface area contributed by atoms with Crippen molar-refractivity contribution in [3.05, 3.63) is 35.7 Å². The summed E-state index contributed by atoms with van der Waals surface area (Å²) in [5.74, 6) is -0.166. The Kier molecular flexibility index (Phi) is 2.46. The standard InChI is InChI=1S/C13H10N4O2/c14-6-8-1-3-11-10(5-8)16-13-15-9(7-17(11)13)2-4-12(18)19/h1,3,5,7H,2,4H2,(H,15,16)(H,18,19). The molecule has 2 heterocycles. The number of aromatic nitrogens is 3. The Morgan fingerprint density at radius 1 is 1.53 bits per heavy atom. The van der Waals surface area contributed by atoms with Crippen molar-refractivity contribution in [2.24, 2.45) is 0 Å². The molecular weight excluding hydrogens is 244 g/mol. The summed E-state index contributed by atoms with van der Waals surface area (Å²) in [5.41, 5.74) is 3.04. The normalized spacial score (nSPS) is 10.9. The minimum absolute atomic E-state index is 0.0835. The van der Waals surface area contributed by atoms with Crippen LogP contribution in [0.4, 0.5) is 0 Å². The quantitative estimate of drug-likeness (QED) is 0.743. The number of nitrogens with zero attached hydrogens (tertiary/aromatic N) is 3. The average Bonchev–Trinajstić information content (AvgIpc) is 2.92. The maximum absolute atomic E-state index is 10.5. The molecule has 0 amide bonds. The van der Waals surface area contributed by atoms with E-state index in [1.54, 1.807) is 12.1 Å². The predicted molar refractivity (Wildman–Crippen MR) is 67.7 cm³/mol. The molecule has 0 spiro atoms. The molecule has 0 atom stereocenters. The van der Waals surface area contributed by atoms with Gasteiger partial charge in [-0.05, 0) is 24.6 Å². The van der Waals surface area contributed by atoms with Crippen molar-refractivity contribution >= 4 is 22.8 Å². The van der Waals surface area contributed by atoms with E-state index in [9.17, 15) is 4.79 Å². The van der Waals surface area contributed by atoms with Crippen LogP contribution in [0, 0.1) is 11.3 Å². The number of nitriles is 1. The Morgan fingerprint density at radius 2 is 2.37 bits per heavy atom. The third-order valence-corrected chi connectivity index (χ3v) is 2.98. The van der Waals surface area contributed by atoms with Gasteiger partial charge in [0, 0.05) is 11.9 Å². The second-order valence-corrected chi connectivity index (χ2v) is 4.29. The Balaban J connectivity index is 2.05. The number of fused-ring (bicyclic) bond motifs is 3. The first-order valence-corrected chi connectivity index (χ1v) is 5.79. The lowest BCUT2D eigenvalue weighted by atomic mass is 10.2. The van der Waals surface area contributed by atoms with E-state index in [1.165, 1.54) is 0 Å². The molecule has 94 valence electrons. The Morgan fingerprint density at radius 3 is 3.11 bits per heavy atom. The molecule has 0 bridgehead atoms. The highest BCUT2D eigenvalue weighted by Gasteiger charge is 2.09. The largest absolute Gasteiger partial charge is 0.481 e. The zero-order chi connectivity index (χ0) is 13.4. The van der Waals surface area contributed by atoms with Gasteiger partial charge in [-0.1, -0.05) is 0 Å². The van der Waals surface area contributed by atoms with Gasteiger partial charge in [-0.3, -0.25) is 9.20 Å². The van der Waals surface area contributed by atoms with Crippen molar-refractivity contribution < 1.29 is 9.90 Å². The summed E-state index contributed by atoms with van der Waals surface area (Å²) in [5, 5.41) is 17.5. The van der Waals surface area contributed by atoms with E-state index >= 15 is 0 Å². The molecule has 0 aliphatic carbocycles. The maximum Gasteiger partial charge on any atom is 0.303 e. The molecule has 0 saturated carbocycles. The van der Waals surface area contributed by atoms with Crippen LogP contribution in [-0.2, 0) is 11.2 Å². The number of H-pyrrole nitrogens is 1. The third kappa shape index (κ3) is 1.91. The zero-order valence-corrected chi connectivity index (χ0v) is 9.92. The van der Waals surface area contributed by atoms with Crippen molar-refractivity contribution in [1.82, 2.24) is 14.4 Å². The number of aryl methyl sites for hydroxylation is 1. The minimum Gasteiger partial charge on any atom is -0.481 e. The average molecular weight is 254 g/mol. The number of rotatable bonds is 3. The second kappa shape index (κ2) is 4.14. The summed E-state index contributed by atoms with van der Waals surface area (Å²) >= 11 is 0. The van der Waals surface area contributed by atoms with E-state index in [4.69, 9.17) is 10.4 Å². The number of hydrogen-bond acceptors (Lipinski definition) is 3. The number of hydrogen-bond donors (Lipinski definition) is 2. The number of carboxylic acids is 1. The Labute approximate surface area is 107 Å². The lowest BCUT2D eigenvalue weighted by molar-refractivity contribution is -0.136. The molecule has 0 unspecified atom stereocenters. The summed E-state index contributed by atoms with van der Waals surface area (Å²) < 4.78 is 1.87. The lowest BCUT2D eigenvalue weighted by Crippen LogP contribution is -1.97. The summed E-state index contributed by atoms with van der Waals surface area (Å²) in [6.07, 6.45) is 2.37. The zero-order valence-electron chi connectivity index (χ0n) is 9.92. The van der Waals surface area contributed by atoms with E-state index in [0.29, 0.717) is 17.8 Å². The maximum atomic E-state index is 10.5. The molecule has 3 rings (SSSR count). The molecule has 2 N–H and O–H groups in total. The highest BCUT2D eigenvalue weighted by Crippen LogP contribution is 2.18. The fraction of sp³-hybridized carbons (Fsp3) is 0.154. The van der Waals surface area contributed by atoms with Crippen LogP contribution in [0.3, 0.4) is 0 Å². The van der Waals surface area contributed by atoms with Crippen molar-refractivity contribution in [2.45, 2.75) is 12.8 Å². The van der Waals surface area contributed by atoms with Gasteiger partial charge in [0.1, 0.15) is 0 Å². The monoisotopic (exact) mass is 254 g/mol. The first-order chi connectivity index (χ1) is 9.17. The highest BCUT2D eigenvalue weighted by atomic mass is 16.4. The summed E-state index contributed by atoms with van der Waals surface area (Å²) in [6.45, 7) is 0. The molecule has 6 nitrogen and oxygen atoms in total. The van der Waals surface area contributed by atoms with Crippen LogP contribution in [0.25, 0.3) is 16.8 Å². The molecule has 19 heavy (non-hydrogen) atoms. The molecule has 1 aromatic carbocycles. The first-order valence-electron chi connectivity index (χ1n) is 5.79. The molecule has 0 fully saturated rings. The van der Waals surface area contributed by atoms with Gasteiger partial charge in [0.2, 0.25) is 5.78 Å². The summed E-state index contributed by atoms with van der Waals surface area (Å²) in [6, 6.07) is 7.38. The molecule has 6 heteroatoms. The summed E-state index contributed by atoms with van der Waals surface area (Å²) in [4.78, 5) is 18.0. The van der Waals surface area contributed by atoms with Gasteiger partial charge < -0.3 is 10.1 Å². The number of carbonyl (C=O) groups is 1. The van der Waals surface area contributed by atoms with Crippen LogP contribution in [0.1, 0.15) is 17.7 Å². The number of imidazole rings is 2. The van der Waals surface area contributed by atoms with Gasteiger partial charge in [0.05, 0.1) is 29.1 Å². The van der Waals surface area contributed by atoms with Crippen molar-refractivity contribution in [1.29, 1.82) is 5.26 Å². The van der Waals surface area contributed by atoms with Gasteiger partial charge in [0.15, 0.2) is 0 Å². The van der Waals surface area contributed by atoms with Crippen LogP contribution in [0.5, 0.6) is 0 Å². The van der Waals surface area contributed by atoms with E-state index < -0.39 is 5.97 Å².